The maximum atomic E-state index is 3.71. The van der Waals surface area contributed by atoms with Crippen molar-refractivity contribution < 1.29 is 0 Å². The average Bonchev–Trinajstić information content (AvgIpc) is 2.13. The van der Waals surface area contributed by atoms with E-state index in [1.165, 1.54) is 6.20 Å². The lowest BCUT2D eigenvalue weighted by Gasteiger charge is -1.66. The standard InChI is InChI=1S/C6H9N.2C2H6/c1-3-5-6-7-4-2;2*1-2/h3-6H,2H2,1H3;2*1-2H3/b5-3-,7-6?;;. The van der Waals surface area contributed by atoms with E-state index in [9.17, 15) is 0 Å². The van der Waals surface area contributed by atoms with Gasteiger partial charge in [0, 0.05) is 12.4 Å². The molecule has 0 heterocycles. The van der Waals surface area contributed by atoms with Crippen molar-refractivity contribution in [3.8, 4) is 0 Å². The Kier molecular flexibility index (Phi) is 53.3. The van der Waals surface area contributed by atoms with Gasteiger partial charge in [0.2, 0.25) is 0 Å². The fourth-order valence-corrected chi connectivity index (χ4v) is 0.197. The molecule has 0 aromatic rings. The summed E-state index contributed by atoms with van der Waals surface area (Å²) in [4.78, 5) is 3.71. The van der Waals surface area contributed by atoms with E-state index < -0.39 is 0 Å². The van der Waals surface area contributed by atoms with Crippen LogP contribution in [0.5, 0.6) is 0 Å². The van der Waals surface area contributed by atoms with Crippen LogP contribution in [-0.2, 0) is 0 Å². The molecule has 0 atom stereocenters. The Labute approximate surface area is 71.6 Å². The van der Waals surface area contributed by atoms with Gasteiger partial charge < -0.3 is 0 Å². The highest BCUT2D eigenvalue weighted by Gasteiger charge is 1.52. The summed E-state index contributed by atoms with van der Waals surface area (Å²) >= 11 is 0. The predicted octanol–water partition coefficient (Wildman–Crippen LogP) is 3.83. The molecule has 0 aliphatic heterocycles. The Hall–Kier alpha value is -0.850. The Morgan fingerprint density at radius 3 is 1.82 bits per heavy atom. The average molecular weight is 155 g/mol. The Bertz CT molecular complexity index is 91.0. The molecule has 0 fully saturated rings. The van der Waals surface area contributed by atoms with Crippen LogP contribution in [0.25, 0.3) is 0 Å². The summed E-state index contributed by atoms with van der Waals surface area (Å²) in [6, 6.07) is 0. The first-order valence-electron chi connectivity index (χ1n) is 4.17. The topological polar surface area (TPSA) is 12.4 Å². The van der Waals surface area contributed by atoms with Gasteiger partial charge in [0.1, 0.15) is 0 Å². The van der Waals surface area contributed by atoms with Crippen LogP contribution in [0.1, 0.15) is 34.6 Å². The molecule has 66 valence electrons. The molecule has 1 nitrogen and oxygen atoms in total. The molecule has 0 spiro atoms. The number of allylic oxidation sites excluding steroid dienone is 2. The third kappa shape index (κ3) is 47.1. The number of hydrogen-bond acceptors (Lipinski definition) is 1. The highest BCUT2D eigenvalue weighted by molar-refractivity contribution is 5.71. The van der Waals surface area contributed by atoms with E-state index >= 15 is 0 Å². The van der Waals surface area contributed by atoms with Crippen molar-refractivity contribution >= 4 is 6.21 Å². The number of rotatable bonds is 2. The highest BCUT2D eigenvalue weighted by Crippen LogP contribution is 1.66. The zero-order valence-electron chi connectivity index (χ0n) is 8.46. The Balaban J connectivity index is -0.000000138. The molecule has 0 aliphatic rings. The van der Waals surface area contributed by atoms with E-state index in [-0.39, 0.29) is 0 Å². The van der Waals surface area contributed by atoms with Crippen LogP contribution in [-0.4, -0.2) is 6.21 Å². The van der Waals surface area contributed by atoms with Crippen LogP contribution in [0.3, 0.4) is 0 Å². The lowest BCUT2D eigenvalue weighted by Crippen LogP contribution is -1.55. The third-order valence-corrected chi connectivity index (χ3v) is 0.470. The van der Waals surface area contributed by atoms with Crippen molar-refractivity contribution in [3.05, 3.63) is 24.9 Å². The van der Waals surface area contributed by atoms with Crippen molar-refractivity contribution in [2.45, 2.75) is 34.6 Å². The quantitative estimate of drug-likeness (QED) is 0.537. The van der Waals surface area contributed by atoms with E-state index in [0.29, 0.717) is 0 Å². The molecule has 0 bridgehead atoms. The van der Waals surface area contributed by atoms with Crippen molar-refractivity contribution in [1.29, 1.82) is 0 Å². The number of hydrogen-bond donors (Lipinski definition) is 0. The summed E-state index contributed by atoms with van der Waals surface area (Å²) < 4.78 is 0. The normalized spacial score (nSPS) is 8.09. The maximum Gasteiger partial charge on any atom is 0.0264 e. The first-order chi connectivity index (χ1) is 5.41. The lowest BCUT2D eigenvalue weighted by atomic mass is 10.6. The molecule has 0 saturated carbocycles. The van der Waals surface area contributed by atoms with Gasteiger partial charge in [0.05, 0.1) is 0 Å². The highest BCUT2D eigenvalue weighted by atomic mass is 14.6. The van der Waals surface area contributed by atoms with Gasteiger partial charge in [0.25, 0.3) is 0 Å². The van der Waals surface area contributed by atoms with Gasteiger partial charge in [-0.25, -0.2) is 0 Å². The van der Waals surface area contributed by atoms with Crippen LogP contribution >= 0.6 is 0 Å². The second-order valence-corrected chi connectivity index (χ2v) is 1.01. The van der Waals surface area contributed by atoms with E-state index in [2.05, 4.69) is 11.6 Å². The van der Waals surface area contributed by atoms with Gasteiger partial charge in [0.15, 0.2) is 0 Å². The minimum atomic E-state index is 1.50. The second-order valence-electron chi connectivity index (χ2n) is 1.01. The first-order valence-corrected chi connectivity index (χ1v) is 4.17. The van der Waals surface area contributed by atoms with Crippen molar-refractivity contribution in [2.75, 3.05) is 0 Å². The third-order valence-electron chi connectivity index (χ3n) is 0.470. The molecular weight excluding hydrogens is 134 g/mol. The van der Waals surface area contributed by atoms with Crippen LogP contribution < -0.4 is 0 Å². The zero-order valence-corrected chi connectivity index (χ0v) is 8.46. The van der Waals surface area contributed by atoms with Gasteiger partial charge in [-0.1, -0.05) is 40.3 Å². The Morgan fingerprint density at radius 2 is 1.55 bits per heavy atom. The fourth-order valence-electron chi connectivity index (χ4n) is 0.197. The first kappa shape index (κ1) is 16.6. The minimum Gasteiger partial charge on any atom is -0.265 e. The largest absolute Gasteiger partial charge is 0.265 e. The summed E-state index contributed by atoms with van der Waals surface area (Å²) in [5, 5.41) is 0. The van der Waals surface area contributed by atoms with E-state index in [1.807, 2.05) is 46.8 Å². The molecule has 0 aromatic carbocycles. The molecule has 0 rings (SSSR count). The SMILES string of the molecule is C=CN=C/C=C\C.CC.CC. The summed E-state index contributed by atoms with van der Waals surface area (Å²) in [6.07, 6.45) is 6.95. The van der Waals surface area contributed by atoms with Gasteiger partial charge >= 0.3 is 0 Å². The summed E-state index contributed by atoms with van der Waals surface area (Å²) in [7, 11) is 0. The van der Waals surface area contributed by atoms with Crippen LogP contribution in [0.2, 0.25) is 0 Å². The number of nitrogens with zero attached hydrogens (tertiary/aromatic N) is 1. The fraction of sp³-hybridized carbons (Fsp3) is 0.500. The summed E-state index contributed by atoms with van der Waals surface area (Å²) in [6.45, 7) is 13.3. The molecule has 0 radical (unpaired) electrons. The maximum absolute atomic E-state index is 3.71. The molecule has 0 saturated heterocycles. The van der Waals surface area contributed by atoms with Gasteiger partial charge in [-0.15, -0.1) is 0 Å². The monoisotopic (exact) mass is 155 g/mol. The smallest absolute Gasteiger partial charge is 0.0264 e. The van der Waals surface area contributed by atoms with E-state index in [1.54, 1.807) is 6.21 Å². The molecule has 0 amide bonds. The molecule has 0 aliphatic carbocycles. The molecule has 11 heavy (non-hydrogen) atoms. The molecule has 1 heteroatoms. The van der Waals surface area contributed by atoms with Crippen LogP contribution in [0.4, 0.5) is 0 Å². The van der Waals surface area contributed by atoms with Crippen LogP contribution in [0, 0.1) is 0 Å². The lowest BCUT2D eigenvalue weighted by molar-refractivity contribution is 1.50. The van der Waals surface area contributed by atoms with Gasteiger partial charge in [-0.05, 0) is 13.0 Å². The van der Waals surface area contributed by atoms with E-state index in [4.69, 9.17) is 0 Å². The predicted molar refractivity (Wildman–Crippen MR) is 56.2 cm³/mol. The van der Waals surface area contributed by atoms with E-state index in [0.717, 1.165) is 0 Å². The number of aliphatic imine (C=N–C) groups is 1. The summed E-state index contributed by atoms with van der Waals surface area (Å²) in [5.74, 6) is 0. The minimum absolute atomic E-state index is 1.50. The molecule has 0 N–H and O–H groups in total. The van der Waals surface area contributed by atoms with Gasteiger partial charge in [-0.3, -0.25) is 4.99 Å². The van der Waals surface area contributed by atoms with Crippen molar-refractivity contribution in [1.82, 2.24) is 0 Å². The molecule has 0 aromatic heterocycles. The van der Waals surface area contributed by atoms with Crippen molar-refractivity contribution in [2.24, 2.45) is 4.99 Å². The van der Waals surface area contributed by atoms with Gasteiger partial charge in [-0.2, -0.15) is 0 Å². The summed E-state index contributed by atoms with van der Waals surface area (Å²) in [5.41, 5.74) is 0. The molecular formula is C10H21N. The zero-order chi connectivity index (χ0) is 9.54. The second kappa shape index (κ2) is 35.3. The van der Waals surface area contributed by atoms with Crippen LogP contribution in [0.15, 0.2) is 29.9 Å². The molecule has 0 unspecified atom stereocenters. The van der Waals surface area contributed by atoms with Crippen molar-refractivity contribution in [3.63, 3.8) is 0 Å². The Morgan fingerprint density at radius 1 is 1.09 bits per heavy atom.